The summed E-state index contributed by atoms with van der Waals surface area (Å²) in [6.45, 7) is 0. The van der Waals surface area contributed by atoms with Crippen LogP contribution in [-0.4, -0.2) is 17.1 Å². The van der Waals surface area contributed by atoms with Gasteiger partial charge in [-0.25, -0.2) is 0 Å². The molecule has 2 heteroatoms. The molecule has 2 atom stereocenters. The molecule has 0 saturated carbocycles. The number of hydrogen-bond acceptors (Lipinski definition) is 2. The number of rotatable bonds is 2. The van der Waals surface area contributed by atoms with Crippen molar-refractivity contribution in [1.82, 2.24) is 10.0 Å². The third-order valence-corrected chi connectivity index (χ3v) is 3.25. The first-order chi connectivity index (χ1) is 7.88. The van der Waals surface area contributed by atoms with Crippen molar-refractivity contribution in [1.29, 1.82) is 0 Å². The number of benzene rings is 1. The van der Waals surface area contributed by atoms with Gasteiger partial charge in [-0.3, -0.25) is 5.01 Å². The minimum Gasteiger partial charge on any atom is -0.284 e. The van der Waals surface area contributed by atoms with E-state index in [9.17, 15) is 0 Å². The fourth-order valence-electron chi connectivity index (χ4n) is 2.38. The summed E-state index contributed by atoms with van der Waals surface area (Å²) in [5.41, 5.74) is 2.80. The first kappa shape index (κ1) is 9.67. The predicted molar refractivity (Wildman–Crippen MR) is 65.2 cm³/mol. The second-order valence-electron chi connectivity index (χ2n) is 4.33. The molecular weight excluding hydrogens is 196 g/mol. The van der Waals surface area contributed by atoms with Gasteiger partial charge in [0.25, 0.3) is 0 Å². The summed E-state index contributed by atoms with van der Waals surface area (Å²) in [5.74, 6) is 0. The quantitative estimate of drug-likeness (QED) is 0.695. The van der Waals surface area contributed by atoms with Crippen molar-refractivity contribution in [2.45, 2.75) is 19.0 Å². The van der Waals surface area contributed by atoms with E-state index in [1.165, 1.54) is 11.3 Å². The summed E-state index contributed by atoms with van der Waals surface area (Å²) in [4.78, 5) is 0. The Bertz CT molecular complexity index is 433. The van der Waals surface area contributed by atoms with Crippen molar-refractivity contribution in [3.8, 4) is 0 Å². The van der Waals surface area contributed by atoms with Gasteiger partial charge in [0.1, 0.15) is 6.17 Å². The maximum absolute atomic E-state index is 2.37. The van der Waals surface area contributed by atoms with Gasteiger partial charge in [-0.2, -0.15) is 5.01 Å². The molecule has 0 radical (unpaired) electrons. The molecule has 3 rings (SSSR count). The second-order valence-corrected chi connectivity index (χ2v) is 4.33. The molecule has 1 heterocycles. The highest BCUT2D eigenvalue weighted by atomic mass is 15.8. The van der Waals surface area contributed by atoms with E-state index in [-0.39, 0.29) is 0 Å². The molecule has 1 aliphatic carbocycles. The Kier molecular flexibility index (Phi) is 2.29. The molecule has 82 valence electrons. The molecule has 1 saturated heterocycles. The lowest BCUT2D eigenvalue weighted by molar-refractivity contribution is 0.405. The summed E-state index contributed by atoms with van der Waals surface area (Å²) in [7, 11) is 2.15. The fourth-order valence-corrected chi connectivity index (χ4v) is 2.38. The Labute approximate surface area is 96.4 Å². The molecule has 1 fully saturated rings. The smallest absolute Gasteiger partial charge is 0.140 e. The lowest BCUT2D eigenvalue weighted by Gasteiger charge is -2.10. The molecular formula is C14H16N2. The van der Waals surface area contributed by atoms with Crippen LogP contribution in [-0.2, 0) is 0 Å². The van der Waals surface area contributed by atoms with E-state index in [1.54, 1.807) is 0 Å². The molecule has 1 aromatic carbocycles. The van der Waals surface area contributed by atoms with Crippen LogP contribution in [0.15, 0.2) is 54.3 Å². The molecule has 0 spiro atoms. The molecule has 1 aliphatic heterocycles. The minimum absolute atomic E-state index is 0.443. The van der Waals surface area contributed by atoms with Crippen LogP contribution in [0.4, 0.5) is 0 Å². The van der Waals surface area contributed by atoms with Crippen molar-refractivity contribution >= 4 is 0 Å². The van der Waals surface area contributed by atoms with Crippen LogP contribution < -0.4 is 0 Å². The predicted octanol–water partition coefficient (Wildman–Crippen LogP) is 3.08. The van der Waals surface area contributed by atoms with Gasteiger partial charge in [-0.05, 0) is 24.5 Å². The average Bonchev–Trinajstić information content (AvgIpc) is 3.03. The van der Waals surface area contributed by atoms with Gasteiger partial charge in [0.15, 0.2) is 0 Å². The van der Waals surface area contributed by atoms with Gasteiger partial charge in [0.2, 0.25) is 0 Å². The Balaban J connectivity index is 1.81. The Morgan fingerprint density at radius 2 is 2.00 bits per heavy atom. The standard InChI is InChI=1S/C14H16N2/c1-15-14(12-8-4-2-5-9-12)16(15)13-10-6-3-7-11-13/h2-6,8-10,14H,7,11H2,1H3. The zero-order chi connectivity index (χ0) is 11.0. The van der Waals surface area contributed by atoms with E-state index in [0.717, 1.165) is 12.8 Å². The highest BCUT2D eigenvalue weighted by Gasteiger charge is 2.43. The van der Waals surface area contributed by atoms with Crippen molar-refractivity contribution in [2.75, 3.05) is 7.05 Å². The van der Waals surface area contributed by atoms with Crippen molar-refractivity contribution in [3.05, 3.63) is 59.8 Å². The van der Waals surface area contributed by atoms with E-state index >= 15 is 0 Å². The maximum Gasteiger partial charge on any atom is 0.140 e. The van der Waals surface area contributed by atoms with E-state index < -0.39 is 0 Å². The van der Waals surface area contributed by atoms with Gasteiger partial charge in [0, 0.05) is 12.7 Å². The summed E-state index contributed by atoms with van der Waals surface area (Å²) >= 11 is 0. The zero-order valence-electron chi connectivity index (χ0n) is 9.50. The first-order valence-corrected chi connectivity index (χ1v) is 5.80. The minimum atomic E-state index is 0.443. The normalized spacial score (nSPS) is 27.8. The second kappa shape index (κ2) is 3.80. The largest absolute Gasteiger partial charge is 0.284 e. The van der Waals surface area contributed by atoms with E-state index in [4.69, 9.17) is 0 Å². The molecule has 2 aliphatic rings. The number of hydrogen-bond donors (Lipinski definition) is 0. The molecule has 0 amide bonds. The van der Waals surface area contributed by atoms with Crippen LogP contribution in [0.25, 0.3) is 0 Å². The topological polar surface area (TPSA) is 6.02 Å². The maximum atomic E-state index is 2.37. The molecule has 2 nitrogen and oxygen atoms in total. The number of allylic oxidation sites excluding steroid dienone is 4. The summed E-state index contributed by atoms with van der Waals surface area (Å²) in [6.07, 6.45) is 9.38. The zero-order valence-corrected chi connectivity index (χ0v) is 9.50. The van der Waals surface area contributed by atoms with Crippen LogP contribution in [0.3, 0.4) is 0 Å². The van der Waals surface area contributed by atoms with Gasteiger partial charge in [-0.1, -0.05) is 42.5 Å². The molecule has 0 aromatic heterocycles. The van der Waals surface area contributed by atoms with Crippen LogP contribution in [0, 0.1) is 0 Å². The van der Waals surface area contributed by atoms with E-state index in [2.05, 4.69) is 65.6 Å². The third kappa shape index (κ3) is 1.55. The van der Waals surface area contributed by atoms with Crippen molar-refractivity contribution < 1.29 is 0 Å². The van der Waals surface area contributed by atoms with E-state index in [0.29, 0.717) is 6.17 Å². The van der Waals surface area contributed by atoms with Crippen LogP contribution >= 0.6 is 0 Å². The SMILES string of the molecule is CN1C(c2ccccc2)N1C1=CC=CCC1. The lowest BCUT2D eigenvalue weighted by atomic mass is 10.1. The Morgan fingerprint density at radius 1 is 1.19 bits per heavy atom. The monoisotopic (exact) mass is 212 g/mol. The first-order valence-electron chi connectivity index (χ1n) is 5.80. The lowest BCUT2D eigenvalue weighted by Crippen LogP contribution is -2.04. The van der Waals surface area contributed by atoms with E-state index in [1.807, 2.05) is 0 Å². The van der Waals surface area contributed by atoms with Gasteiger partial charge < -0.3 is 0 Å². The van der Waals surface area contributed by atoms with Gasteiger partial charge >= 0.3 is 0 Å². The molecule has 16 heavy (non-hydrogen) atoms. The number of hydrazine groups is 1. The summed E-state index contributed by atoms with van der Waals surface area (Å²) in [5, 5.41) is 4.67. The molecule has 1 aromatic rings. The van der Waals surface area contributed by atoms with Gasteiger partial charge in [0.05, 0.1) is 0 Å². The van der Waals surface area contributed by atoms with Crippen LogP contribution in [0.2, 0.25) is 0 Å². The Morgan fingerprint density at radius 3 is 2.69 bits per heavy atom. The van der Waals surface area contributed by atoms with Crippen LogP contribution in [0.1, 0.15) is 24.6 Å². The molecule has 2 unspecified atom stereocenters. The van der Waals surface area contributed by atoms with Crippen molar-refractivity contribution in [3.63, 3.8) is 0 Å². The molecule has 0 N–H and O–H groups in total. The number of nitrogens with zero attached hydrogens (tertiary/aromatic N) is 2. The summed E-state index contributed by atoms with van der Waals surface area (Å²) < 4.78 is 0. The highest BCUT2D eigenvalue weighted by molar-refractivity contribution is 5.27. The third-order valence-electron chi connectivity index (χ3n) is 3.25. The summed E-state index contributed by atoms with van der Waals surface area (Å²) in [6, 6.07) is 10.7. The van der Waals surface area contributed by atoms with Crippen molar-refractivity contribution in [2.24, 2.45) is 0 Å². The Hall–Kier alpha value is -1.54. The average molecular weight is 212 g/mol. The van der Waals surface area contributed by atoms with Crippen LogP contribution in [0.5, 0.6) is 0 Å². The fraction of sp³-hybridized carbons (Fsp3) is 0.286. The highest BCUT2D eigenvalue weighted by Crippen LogP contribution is 2.44. The van der Waals surface area contributed by atoms with Gasteiger partial charge in [-0.15, -0.1) is 0 Å². The molecule has 0 bridgehead atoms.